The maximum absolute atomic E-state index is 12.2. The van der Waals surface area contributed by atoms with Gasteiger partial charge in [0.15, 0.2) is 21.0 Å². The largest absolute Gasteiger partial charge is 0.451 e. The molecule has 7 heteroatoms. The van der Waals surface area contributed by atoms with Crippen LogP contribution in [-0.2, 0) is 9.84 Å². The summed E-state index contributed by atoms with van der Waals surface area (Å²) in [5.41, 5.74) is 1.80. The van der Waals surface area contributed by atoms with Gasteiger partial charge in [-0.1, -0.05) is 6.07 Å². The molecule has 1 aromatic carbocycles. The average molecular weight is 335 g/mol. The number of hydrogen-bond acceptors (Lipinski definition) is 5. The molecule has 1 N–H and O–H groups in total. The Labute approximate surface area is 133 Å². The summed E-state index contributed by atoms with van der Waals surface area (Å²) in [5, 5.41) is 3.08. The fourth-order valence-corrected chi connectivity index (χ4v) is 4.61. The molecule has 1 aliphatic heterocycles. The Balaban J connectivity index is 1.94. The van der Waals surface area contributed by atoms with E-state index in [1.165, 1.54) is 0 Å². The van der Waals surface area contributed by atoms with Crippen LogP contribution in [-0.4, -0.2) is 31.9 Å². The summed E-state index contributed by atoms with van der Waals surface area (Å²) in [5.74, 6) is -0.672. The molecular weight excluding hydrogens is 318 g/mol. The molecular formula is C16H17NO5S. The van der Waals surface area contributed by atoms with Crippen molar-refractivity contribution in [3.8, 4) is 0 Å². The first-order valence-corrected chi connectivity index (χ1v) is 9.14. The Morgan fingerprint density at radius 1 is 1.26 bits per heavy atom. The summed E-state index contributed by atoms with van der Waals surface area (Å²) in [6, 6.07) is 4.31. The molecule has 122 valence electrons. The Kier molecular flexibility index (Phi) is 3.75. The Morgan fingerprint density at radius 3 is 2.65 bits per heavy atom. The summed E-state index contributed by atoms with van der Waals surface area (Å²) in [7, 11) is -3.08. The minimum atomic E-state index is -3.08. The highest BCUT2D eigenvalue weighted by Crippen LogP contribution is 2.19. The zero-order valence-corrected chi connectivity index (χ0v) is 13.7. The molecule has 1 aliphatic rings. The van der Waals surface area contributed by atoms with Crippen LogP contribution in [0.5, 0.6) is 0 Å². The van der Waals surface area contributed by atoms with Crippen LogP contribution in [0.25, 0.3) is 11.0 Å². The average Bonchev–Trinajstić information content (AvgIpc) is 2.76. The number of carbonyl (C=O) groups excluding carboxylic acids is 1. The predicted octanol–water partition coefficient (Wildman–Crippen LogP) is 1.33. The molecule has 1 unspecified atom stereocenters. The first-order valence-electron chi connectivity index (χ1n) is 7.31. The summed E-state index contributed by atoms with van der Waals surface area (Å²) in [6.45, 7) is 3.69. The van der Waals surface area contributed by atoms with Crippen molar-refractivity contribution in [3.63, 3.8) is 0 Å². The number of benzene rings is 1. The molecule has 1 saturated heterocycles. The fourth-order valence-electron chi connectivity index (χ4n) is 2.94. The van der Waals surface area contributed by atoms with Crippen LogP contribution in [0, 0.1) is 13.8 Å². The number of rotatable bonds is 2. The van der Waals surface area contributed by atoms with E-state index in [1.807, 2.05) is 19.9 Å². The molecule has 2 heterocycles. The summed E-state index contributed by atoms with van der Waals surface area (Å²) in [4.78, 5) is 24.5. The Morgan fingerprint density at radius 2 is 2.00 bits per heavy atom. The maximum atomic E-state index is 12.2. The smallest absolute Gasteiger partial charge is 0.287 e. The standard InChI is InChI=1S/C16H17NO5S/c1-9-5-10(2)15-12(18)7-14(22-13(15)6-9)16(19)17-11-3-4-23(20,21)8-11/h5-7,11H,3-4,8H2,1-2H3,(H,17,19). The number of nitrogens with one attached hydrogen (secondary N) is 1. The fraction of sp³-hybridized carbons (Fsp3) is 0.375. The van der Waals surface area contributed by atoms with Gasteiger partial charge in [-0.2, -0.15) is 0 Å². The van der Waals surface area contributed by atoms with Crippen molar-refractivity contribution < 1.29 is 17.6 Å². The third kappa shape index (κ3) is 3.14. The quantitative estimate of drug-likeness (QED) is 0.893. The van der Waals surface area contributed by atoms with Gasteiger partial charge in [-0.15, -0.1) is 0 Å². The molecule has 0 aliphatic carbocycles. The molecule has 1 amide bonds. The SMILES string of the molecule is Cc1cc(C)c2c(=O)cc(C(=O)NC3CCS(=O)(=O)C3)oc2c1. The van der Waals surface area contributed by atoms with E-state index < -0.39 is 21.8 Å². The number of fused-ring (bicyclic) bond motifs is 1. The molecule has 1 fully saturated rings. The van der Waals surface area contributed by atoms with Crippen LogP contribution in [0.4, 0.5) is 0 Å². The van der Waals surface area contributed by atoms with Crippen molar-refractivity contribution >= 4 is 26.7 Å². The number of aryl methyl sites for hydroxylation is 2. The van der Waals surface area contributed by atoms with Crippen LogP contribution in [0.15, 0.2) is 27.4 Å². The summed E-state index contributed by atoms with van der Waals surface area (Å²) in [6.07, 6.45) is 0.379. The van der Waals surface area contributed by atoms with Gasteiger partial charge in [-0.3, -0.25) is 9.59 Å². The second-order valence-corrected chi connectivity index (χ2v) is 8.23. The van der Waals surface area contributed by atoms with E-state index in [4.69, 9.17) is 4.42 Å². The lowest BCUT2D eigenvalue weighted by Gasteiger charge is -2.11. The van der Waals surface area contributed by atoms with Gasteiger partial charge in [0.1, 0.15) is 5.58 Å². The summed E-state index contributed by atoms with van der Waals surface area (Å²) >= 11 is 0. The van der Waals surface area contributed by atoms with Crippen molar-refractivity contribution in [3.05, 3.63) is 45.3 Å². The summed E-state index contributed by atoms with van der Waals surface area (Å²) < 4.78 is 28.4. The highest BCUT2D eigenvalue weighted by molar-refractivity contribution is 7.91. The van der Waals surface area contributed by atoms with E-state index in [0.29, 0.717) is 17.4 Å². The topological polar surface area (TPSA) is 93.5 Å². The molecule has 23 heavy (non-hydrogen) atoms. The van der Waals surface area contributed by atoms with E-state index in [0.717, 1.165) is 17.2 Å². The number of amides is 1. The molecule has 0 radical (unpaired) electrons. The number of hydrogen-bond donors (Lipinski definition) is 1. The Bertz CT molecular complexity index is 958. The molecule has 6 nitrogen and oxygen atoms in total. The van der Waals surface area contributed by atoms with E-state index in [-0.39, 0.29) is 22.7 Å². The van der Waals surface area contributed by atoms with Gasteiger partial charge in [0.2, 0.25) is 0 Å². The monoisotopic (exact) mass is 335 g/mol. The third-order valence-electron chi connectivity index (χ3n) is 3.96. The normalized spacial score (nSPS) is 19.8. The number of sulfone groups is 1. The maximum Gasteiger partial charge on any atom is 0.287 e. The van der Waals surface area contributed by atoms with Gasteiger partial charge in [-0.25, -0.2) is 8.42 Å². The highest BCUT2D eigenvalue weighted by Gasteiger charge is 2.29. The molecule has 3 rings (SSSR count). The van der Waals surface area contributed by atoms with E-state index >= 15 is 0 Å². The van der Waals surface area contributed by atoms with Gasteiger partial charge in [-0.05, 0) is 37.5 Å². The first-order chi connectivity index (χ1) is 10.7. The second-order valence-electron chi connectivity index (χ2n) is 6.00. The van der Waals surface area contributed by atoms with Crippen molar-refractivity contribution in [2.24, 2.45) is 0 Å². The Hall–Kier alpha value is -2.15. The van der Waals surface area contributed by atoms with Gasteiger partial charge in [0.25, 0.3) is 5.91 Å². The zero-order valence-electron chi connectivity index (χ0n) is 12.9. The minimum Gasteiger partial charge on any atom is -0.451 e. The van der Waals surface area contributed by atoms with Crippen molar-refractivity contribution in [1.29, 1.82) is 0 Å². The lowest BCUT2D eigenvalue weighted by molar-refractivity contribution is 0.0913. The minimum absolute atomic E-state index is 0.0675. The number of carbonyl (C=O) groups is 1. The molecule has 1 aromatic heterocycles. The van der Waals surface area contributed by atoms with Gasteiger partial charge >= 0.3 is 0 Å². The van der Waals surface area contributed by atoms with Crippen molar-refractivity contribution in [2.45, 2.75) is 26.3 Å². The zero-order chi connectivity index (χ0) is 16.8. The van der Waals surface area contributed by atoms with Gasteiger partial charge in [0, 0.05) is 12.1 Å². The van der Waals surface area contributed by atoms with E-state index in [1.54, 1.807) is 6.07 Å². The van der Waals surface area contributed by atoms with Gasteiger partial charge in [0.05, 0.1) is 16.9 Å². The van der Waals surface area contributed by atoms with Crippen LogP contribution < -0.4 is 10.7 Å². The first kappa shape index (κ1) is 15.7. The molecule has 0 spiro atoms. The van der Waals surface area contributed by atoms with Crippen LogP contribution >= 0.6 is 0 Å². The van der Waals surface area contributed by atoms with Crippen LogP contribution in [0.3, 0.4) is 0 Å². The third-order valence-corrected chi connectivity index (χ3v) is 5.73. The van der Waals surface area contributed by atoms with Crippen molar-refractivity contribution in [1.82, 2.24) is 5.32 Å². The van der Waals surface area contributed by atoms with E-state index in [9.17, 15) is 18.0 Å². The van der Waals surface area contributed by atoms with Gasteiger partial charge < -0.3 is 9.73 Å². The molecule has 0 bridgehead atoms. The molecule has 0 saturated carbocycles. The second kappa shape index (κ2) is 5.49. The lowest BCUT2D eigenvalue weighted by atomic mass is 10.1. The van der Waals surface area contributed by atoms with Crippen LogP contribution in [0.1, 0.15) is 28.1 Å². The molecule has 1 atom stereocenters. The molecule has 2 aromatic rings. The van der Waals surface area contributed by atoms with Crippen molar-refractivity contribution in [2.75, 3.05) is 11.5 Å². The predicted molar refractivity (Wildman–Crippen MR) is 86.5 cm³/mol. The highest BCUT2D eigenvalue weighted by atomic mass is 32.2. The van der Waals surface area contributed by atoms with E-state index in [2.05, 4.69) is 5.32 Å². The van der Waals surface area contributed by atoms with Crippen LogP contribution in [0.2, 0.25) is 0 Å². The lowest BCUT2D eigenvalue weighted by Crippen LogP contribution is -2.35.